The Balaban J connectivity index is 0.00000392. The zero-order valence-corrected chi connectivity index (χ0v) is 19.5. The molecule has 1 amide bonds. The van der Waals surface area contributed by atoms with Crippen LogP contribution in [0.2, 0.25) is 0 Å². The molecule has 0 aliphatic carbocycles. The van der Waals surface area contributed by atoms with E-state index in [1.165, 1.54) is 12.8 Å². The van der Waals surface area contributed by atoms with Crippen LogP contribution in [-0.4, -0.2) is 62.7 Å². The van der Waals surface area contributed by atoms with Crippen LogP contribution in [0.25, 0.3) is 0 Å². The number of aliphatic imine (C=N–C) groups is 1. The van der Waals surface area contributed by atoms with Crippen molar-refractivity contribution in [2.45, 2.75) is 39.0 Å². The molecule has 158 valence electrons. The molecule has 0 aromatic heterocycles. The molecule has 2 rings (SSSR count). The molecule has 0 spiro atoms. The molecule has 1 aromatic carbocycles. The molecule has 0 radical (unpaired) electrons. The summed E-state index contributed by atoms with van der Waals surface area (Å²) in [5.41, 5.74) is 1.01. The zero-order chi connectivity index (χ0) is 19.3. The Labute approximate surface area is 186 Å². The van der Waals surface area contributed by atoms with Crippen LogP contribution in [0, 0.1) is 0 Å². The number of carbonyl (C=O) groups is 1. The van der Waals surface area contributed by atoms with Gasteiger partial charge in [-0.25, -0.2) is 0 Å². The van der Waals surface area contributed by atoms with Crippen molar-refractivity contribution >= 4 is 35.8 Å². The number of hydrogen-bond acceptors (Lipinski definition) is 3. The highest BCUT2D eigenvalue weighted by molar-refractivity contribution is 14.0. The Kier molecular flexibility index (Phi) is 12.9. The minimum Gasteiger partial charge on any atom is -0.378 e. The standard InChI is InChI=1S/C21H34N4O2.HI/c1-3-5-9-12-23-21(22-4-2)24-17-19(18-10-7-6-8-11-18)20(26)25-13-15-27-16-14-25;/h6-8,10-11,19H,3-5,9,12-17H2,1-2H3,(H2,22,23,24);1H. The highest BCUT2D eigenvalue weighted by Crippen LogP contribution is 2.20. The first kappa shape index (κ1) is 24.7. The molecule has 1 fully saturated rings. The van der Waals surface area contributed by atoms with Crippen LogP contribution < -0.4 is 10.6 Å². The summed E-state index contributed by atoms with van der Waals surface area (Å²) in [7, 11) is 0. The fourth-order valence-corrected chi connectivity index (χ4v) is 3.12. The summed E-state index contributed by atoms with van der Waals surface area (Å²) in [5.74, 6) is 0.648. The summed E-state index contributed by atoms with van der Waals surface area (Å²) in [6.45, 7) is 8.90. The second-order valence-corrected chi connectivity index (χ2v) is 6.75. The number of hydrogen-bond donors (Lipinski definition) is 2. The van der Waals surface area contributed by atoms with Crippen molar-refractivity contribution in [3.05, 3.63) is 35.9 Å². The first-order valence-corrected chi connectivity index (χ1v) is 10.2. The van der Waals surface area contributed by atoms with E-state index in [2.05, 4.69) is 24.5 Å². The van der Waals surface area contributed by atoms with Gasteiger partial charge < -0.3 is 20.3 Å². The average Bonchev–Trinajstić information content (AvgIpc) is 2.72. The van der Waals surface area contributed by atoms with Gasteiger partial charge in [0.15, 0.2) is 5.96 Å². The van der Waals surface area contributed by atoms with E-state index < -0.39 is 0 Å². The number of ether oxygens (including phenoxy) is 1. The number of nitrogens with one attached hydrogen (secondary N) is 2. The summed E-state index contributed by atoms with van der Waals surface area (Å²) >= 11 is 0. The largest absolute Gasteiger partial charge is 0.378 e. The number of unbranched alkanes of at least 4 members (excludes halogenated alkanes) is 2. The summed E-state index contributed by atoms with van der Waals surface area (Å²) in [4.78, 5) is 19.7. The van der Waals surface area contributed by atoms with Gasteiger partial charge in [-0.05, 0) is 18.9 Å². The Bertz CT molecular complexity index is 577. The van der Waals surface area contributed by atoms with Gasteiger partial charge in [-0.15, -0.1) is 24.0 Å². The maximum atomic E-state index is 13.1. The molecule has 1 heterocycles. The number of guanidine groups is 1. The van der Waals surface area contributed by atoms with Crippen molar-refractivity contribution in [3.63, 3.8) is 0 Å². The van der Waals surface area contributed by atoms with Crippen LogP contribution >= 0.6 is 24.0 Å². The van der Waals surface area contributed by atoms with E-state index in [9.17, 15) is 4.79 Å². The van der Waals surface area contributed by atoms with E-state index in [0.29, 0.717) is 32.8 Å². The SMILES string of the molecule is CCCCCNC(=NCC(C(=O)N1CCOCC1)c1ccccc1)NCC.I. The van der Waals surface area contributed by atoms with Crippen LogP contribution in [-0.2, 0) is 9.53 Å². The lowest BCUT2D eigenvalue weighted by Crippen LogP contribution is -2.44. The molecule has 7 heteroatoms. The zero-order valence-electron chi connectivity index (χ0n) is 17.2. The van der Waals surface area contributed by atoms with Gasteiger partial charge in [-0.2, -0.15) is 0 Å². The van der Waals surface area contributed by atoms with Crippen LogP contribution in [0.15, 0.2) is 35.3 Å². The Hall–Kier alpha value is -1.35. The third-order valence-electron chi connectivity index (χ3n) is 4.67. The van der Waals surface area contributed by atoms with Gasteiger partial charge in [0.25, 0.3) is 0 Å². The fraction of sp³-hybridized carbons (Fsp3) is 0.619. The molecule has 1 saturated heterocycles. The first-order chi connectivity index (χ1) is 13.3. The first-order valence-electron chi connectivity index (χ1n) is 10.2. The number of nitrogens with zero attached hydrogens (tertiary/aromatic N) is 2. The summed E-state index contributed by atoms with van der Waals surface area (Å²) in [6, 6.07) is 9.96. The smallest absolute Gasteiger partial charge is 0.232 e. The molecule has 0 saturated carbocycles. The van der Waals surface area contributed by atoms with Gasteiger partial charge in [-0.3, -0.25) is 9.79 Å². The van der Waals surface area contributed by atoms with Crippen molar-refractivity contribution in [2.24, 2.45) is 4.99 Å². The maximum absolute atomic E-state index is 13.1. The van der Waals surface area contributed by atoms with Gasteiger partial charge in [-0.1, -0.05) is 50.1 Å². The minimum absolute atomic E-state index is 0. The van der Waals surface area contributed by atoms with Crippen molar-refractivity contribution in [3.8, 4) is 0 Å². The van der Waals surface area contributed by atoms with Gasteiger partial charge in [0.05, 0.1) is 25.7 Å². The molecule has 6 nitrogen and oxygen atoms in total. The lowest BCUT2D eigenvalue weighted by Gasteiger charge is -2.30. The van der Waals surface area contributed by atoms with Crippen molar-refractivity contribution in [1.29, 1.82) is 0 Å². The predicted octanol–water partition coefficient (Wildman–Crippen LogP) is 2.99. The Morgan fingerprint density at radius 2 is 1.86 bits per heavy atom. The van der Waals surface area contributed by atoms with Gasteiger partial charge in [0, 0.05) is 26.2 Å². The number of benzene rings is 1. The molecule has 0 bridgehead atoms. The van der Waals surface area contributed by atoms with Crippen LogP contribution in [0.4, 0.5) is 0 Å². The third kappa shape index (κ3) is 8.34. The van der Waals surface area contributed by atoms with Gasteiger partial charge >= 0.3 is 0 Å². The second-order valence-electron chi connectivity index (χ2n) is 6.75. The van der Waals surface area contributed by atoms with E-state index in [1.54, 1.807) is 0 Å². The van der Waals surface area contributed by atoms with Crippen LogP contribution in [0.5, 0.6) is 0 Å². The lowest BCUT2D eigenvalue weighted by atomic mass is 9.97. The minimum atomic E-state index is -0.268. The Morgan fingerprint density at radius 3 is 2.50 bits per heavy atom. The molecule has 1 unspecified atom stereocenters. The quantitative estimate of drug-likeness (QED) is 0.236. The number of rotatable bonds is 9. The fourth-order valence-electron chi connectivity index (χ4n) is 3.12. The van der Waals surface area contributed by atoms with Crippen LogP contribution in [0.3, 0.4) is 0 Å². The number of morpholine rings is 1. The van der Waals surface area contributed by atoms with Crippen LogP contribution in [0.1, 0.15) is 44.6 Å². The predicted molar refractivity (Wildman–Crippen MR) is 126 cm³/mol. The van der Waals surface area contributed by atoms with Crippen molar-refractivity contribution in [1.82, 2.24) is 15.5 Å². The molecular formula is C21H35IN4O2. The van der Waals surface area contributed by atoms with E-state index in [-0.39, 0.29) is 35.8 Å². The molecule has 28 heavy (non-hydrogen) atoms. The van der Waals surface area contributed by atoms with E-state index in [0.717, 1.165) is 31.0 Å². The highest BCUT2D eigenvalue weighted by atomic mass is 127. The molecule has 2 N–H and O–H groups in total. The molecule has 1 atom stereocenters. The maximum Gasteiger partial charge on any atom is 0.232 e. The van der Waals surface area contributed by atoms with E-state index >= 15 is 0 Å². The summed E-state index contributed by atoms with van der Waals surface area (Å²) in [6.07, 6.45) is 3.52. The van der Waals surface area contributed by atoms with Crippen molar-refractivity contribution in [2.75, 3.05) is 45.9 Å². The van der Waals surface area contributed by atoms with E-state index in [1.807, 2.05) is 35.2 Å². The molecule has 1 aliphatic rings. The number of amides is 1. The number of carbonyl (C=O) groups excluding carboxylic acids is 1. The van der Waals surface area contributed by atoms with Crippen molar-refractivity contribution < 1.29 is 9.53 Å². The monoisotopic (exact) mass is 502 g/mol. The normalized spacial score (nSPS) is 15.5. The molecule has 1 aliphatic heterocycles. The highest BCUT2D eigenvalue weighted by Gasteiger charge is 2.27. The summed E-state index contributed by atoms with van der Waals surface area (Å²) in [5, 5.41) is 6.65. The second kappa shape index (κ2) is 14.6. The third-order valence-corrected chi connectivity index (χ3v) is 4.67. The molecular weight excluding hydrogens is 467 g/mol. The molecule has 1 aromatic rings. The number of halogens is 1. The average molecular weight is 502 g/mol. The lowest BCUT2D eigenvalue weighted by molar-refractivity contribution is -0.136. The Morgan fingerprint density at radius 1 is 1.14 bits per heavy atom. The van der Waals surface area contributed by atoms with Gasteiger partial charge in [0.2, 0.25) is 5.91 Å². The summed E-state index contributed by atoms with van der Waals surface area (Å²) < 4.78 is 5.39. The van der Waals surface area contributed by atoms with Gasteiger partial charge in [0.1, 0.15) is 0 Å². The topological polar surface area (TPSA) is 66.0 Å². The van der Waals surface area contributed by atoms with E-state index in [4.69, 9.17) is 9.73 Å².